The summed E-state index contributed by atoms with van der Waals surface area (Å²) in [6.45, 7) is 2.30. The summed E-state index contributed by atoms with van der Waals surface area (Å²) < 4.78 is 49.9. The SMILES string of the molecule is CCOCC(C)(N)c1noc(COCC(F)(F)F)n1. The summed E-state index contributed by atoms with van der Waals surface area (Å²) in [5.41, 5.74) is 4.93. The molecule has 0 aliphatic heterocycles. The minimum absolute atomic E-state index is 0.0626. The van der Waals surface area contributed by atoms with Crippen molar-refractivity contribution in [1.29, 1.82) is 0 Å². The fraction of sp³-hybridized carbons (Fsp3) is 0.800. The lowest BCUT2D eigenvalue weighted by Crippen LogP contribution is -2.39. The third-order valence-electron chi connectivity index (χ3n) is 2.08. The third-order valence-corrected chi connectivity index (χ3v) is 2.08. The van der Waals surface area contributed by atoms with Gasteiger partial charge in [-0.05, 0) is 13.8 Å². The van der Waals surface area contributed by atoms with Gasteiger partial charge >= 0.3 is 6.18 Å². The lowest BCUT2D eigenvalue weighted by molar-refractivity contribution is -0.178. The van der Waals surface area contributed by atoms with Crippen LogP contribution in [0.1, 0.15) is 25.6 Å². The molecular weight excluding hydrogens is 267 g/mol. The van der Waals surface area contributed by atoms with Crippen LogP contribution in [0.5, 0.6) is 0 Å². The first kappa shape index (κ1) is 15.9. The Morgan fingerprint density at radius 1 is 1.26 bits per heavy atom. The number of hydrogen-bond acceptors (Lipinski definition) is 6. The minimum atomic E-state index is -4.39. The molecule has 0 spiro atoms. The smallest absolute Gasteiger partial charge is 0.379 e. The van der Waals surface area contributed by atoms with Crippen LogP contribution >= 0.6 is 0 Å². The average molecular weight is 283 g/mol. The normalized spacial score (nSPS) is 15.5. The van der Waals surface area contributed by atoms with E-state index in [2.05, 4.69) is 14.9 Å². The van der Waals surface area contributed by atoms with Crippen molar-refractivity contribution in [3.05, 3.63) is 11.7 Å². The van der Waals surface area contributed by atoms with Crippen LogP contribution in [0.3, 0.4) is 0 Å². The monoisotopic (exact) mass is 283 g/mol. The molecule has 0 aliphatic carbocycles. The predicted octanol–water partition coefficient (Wildman–Crippen LogP) is 1.36. The Kier molecular flexibility index (Phi) is 5.27. The molecular formula is C10H16F3N3O3. The Bertz CT molecular complexity index is 393. The van der Waals surface area contributed by atoms with Crippen LogP contribution in [-0.4, -0.2) is 36.1 Å². The van der Waals surface area contributed by atoms with E-state index in [1.807, 2.05) is 6.92 Å². The molecule has 0 radical (unpaired) electrons. The standard InChI is InChI=1S/C10H16F3N3O3/c1-3-17-5-9(2,14)8-15-7(19-16-8)4-18-6-10(11,12)13/h3-6,14H2,1-2H3. The van der Waals surface area contributed by atoms with Crippen molar-refractivity contribution in [2.45, 2.75) is 32.2 Å². The highest BCUT2D eigenvalue weighted by molar-refractivity contribution is 5.01. The molecule has 0 bridgehead atoms. The molecule has 0 amide bonds. The van der Waals surface area contributed by atoms with Crippen LogP contribution in [0.2, 0.25) is 0 Å². The zero-order valence-electron chi connectivity index (χ0n) is 10.7. The summed E-state index contributed by atoms with van der Waals surface area (Å²) in [6, 6.07) is 0. The molecule has 1 heterocycles. The number of ether oxygens (including phenoxy) is 2. The average Bonchev–Trinajstić information content (AvgIpc) is 2.74. The summed E-state index contributed by atoms with van der Waals surface area (Å²) in [4.78, 5) is 3.88. The largest absolute Gasteiger partial charge is 0.411 e. The molecule has 1 unspecified atom stereocenters. The van der Waals surface area contributed by atoms with Gasteiger partial charge < -0.3 is 19.7 Å². The Morgan fingerprint density at radius 2 is 1.95 bits per heavy atom. The molecule has 9 heteroatoms. The van der Waals surface area contributed by atoms with Gasteiger partial charge in [-0.1, -0.05) is 5.16 Å². The van der Waals surface area contributed by atoms with Gasteiger partial charge in [-0.3, -0.25) is 0 Å². The molecule has 1 atom stereocenters. The fourth-order valence-electron chi connectivity index (χ4n) is 1.18. The van der Waals surface area contributed by atoms with Crippen molar-refractivity contribution in [3.8, 4) is 0 Å². The van der Waals surface area contributed by atoms with Crippen molar-refractivity contribution in [2.24, 2.45) is 5.73 Å². The van der Waals surface area contributed by atoms with E-state index in [1.54, 1.807) is 6.92 Å². The van der Waals surface area contributed by atoms with Crippen molar-refractivity contribution >= 4 is 0 Å². The van der Waals surface area contributed by atoms with Gasteiger partial charge in [0.1, 0.15) is 18.8 Å². The van der Waals surface area contributed by atoms with Crippen molar-refractivity contribution in [3.63, 3.8) is 0 Å². The van der Waals surface area contributed by atoms with Gasteiger partial charge in [0.05, 0.1) is 6.61 Å². The van der Waals surface area contributed by atoms with E-state index >= 15 is 0 Å². The molecule has 0 saturated heterocycles. The van der Waals surface area contributed by atoms with E-state index in [-0.39, 0.29) is 18.3 Å². The first-order chi connectivity index (χ1) is 8.74. The van der Waals surface area contributed by atoms with Crippen molar-refractivity contribution in [2.75, 3.05) is 19.8 Å². The second kappa shape index (κ2) is 6.31. The van der Waals surface area contributed by atoms with Crippen LogP contribution in [0.15, 0.2) is 4.52 Å². The quantitative estimate of drug-likeness (QED) is 0.813. The van der Waals surface area contributed by atoms with Gasteiger partial charge in [-0.15, -0.1) is 0 Å². The van der Waals surface area contributed by atoms with E-state index in [9.17, 15) is 13.2 Å². The number of hydrogen-bond donors (Lipinski definition) is 1. The molecule has 2 N–H and O–H groups in total. The molecule has 6 nitrogen and oxygen atoms in total. The molecule has 1 aromatic rings. The van der Waals surface area contributed by atoms with E-state index in [0.717, 1.165) is 0 Å². The highest BCUT2D eigenvalue weighted by Gasteiger charge is 2.29. The highest BCUT2D eigenvalue weighted by atomic mass is 19.4. The van der Waals surface area contributed by atoms with E-state index in [4.69, 9.17) is 15.0 Å². The lowest BCUT2D eigenvalue weighted by Gasteiger charge is -2.19. The number of alkyl halides is 3. The van der Waals surface area contributed by atoms with E-state index in [1.165, 1.54) is 0 Å². The predicted molar refractivity (Wildman–Crippen MR) is 58.0 cm³/mol. The van der Waals surface area contributed by atoms with Gasteiger partial charge in [0.2, 0.25) is 0 Å². The van der Waals surface area contributed by atoms with Crippen LogP contribution in [0, 0.1) is 0 Å². The summed E-state index contributed by atoms with van der Waals surface area (Å²) in [5, 5.41) is 3.60. The number of nitrogens with zero attached hydrogens (tertiary/aromatic N) is 2. The number of aromatic nitrogens is 2. The Hall–Kier alpha value is -1.19. The van der Waals surface area contributed by atoms with Gasteiger partial charge in [-0.25, -0.2) is 0 Å². The van der Waals surface area contributed by atoms with E-state index < -0.39 is 24.9 Å². The van der Waals surface area contributed by atoms with Gasteiger partial charge in [0.15, 0.2) is 5.82 Å². The maximum absolute atomic E-state index is 11.9. The van der Waals surface area contributed by atoms with Gasteiger partial charge in [-0.2, -0.15) is 18.2 Å². The lowest BCUT2D eigenvalue weighted by atomic mass is 10.1. The van der Waals surface area contributed by atoms with Gasteiger partial charge in [0.25, 0.3) is 5.89 Å². The summed E-state index contributed by atoms with van der Waals surface area (Å²) >= 11 is 0. The number of halogens is 3. The maximum Gasteiger partial charge on any atom is 0.411 e. The summed E-state index contributed by atoms with van der Waals surface area (Å²) in [6.07, 6.45) is -4.39. The molecule has 0 fully saturated rings. The first-order valence-electron chi connectivity index (χ1n) is 5.59. The number of nitrogens with two attached hydrogens (primary N) is 1. The zero-order chi connectivity index (χ0) is 14.5. The summed E-state index contributed by atoms with van der Waals surface area (Å²) in [5.74, 6) is 0.0963. The Balaban J connectivity index is 2.52. The fourth-order valence-corrected chi connectivity index (χ4v) is 1.18. The van der Waals surface area contributed by atoms with Crippen LogP contribution in [0.4, 0.5) is 13.2 Å². The molecule has 1 rings (SSSR count). The molecule has 19 heavy (non-hydrogen) atoms. The zero-order valence-corrected chi connectivity index (χ0v) is 10.7. The van der Waals surface area contributed by atoms with E-state index in [0.29, 0.717) is 6.61 Å². The second-order valence-electron chi connectivity index (χ2n) is 4.17. The van der Waals surface area contributed by atoms with Crippen LogP contribution < -0.4 is 5.73 Å². The highest BCUT2D eigenvalue weighted by Crippen LogP contribution is 2.17. The van der Waals surface area contributed by atoms with Crippen molar-refractivity contribution in [1.82, 2.24) is 10.1 Å². The molecule has 0 aromatic carbocycles. The number of rotatable bonds is 7. The molecule has 0 aliphatic rings. The Morgan fingerprint density at radius 3 is 2.53 bits per heavy atom. The minimum Gasteiger partial charge on any atom is -0.379 e. The topological polar surface area (TPSA) is 83.4 Å². The summed E-state index contributed by atoms with van der Waals surface area (Å²) in [7, 11) is 0. The first-order valence-corrected chi connectivity index (χ1v) is 5.59. The van der Waals surface area contributed by atoms with Crippen LogP contribution in [0.25, 0.3) is 0 Å². The van der Waals surface area contributed by atoms with Crippen LogP contribution in [-0.2, 0) is 21.6 Å². The molecule has 110 valence electrons. The second-order valence-corrected chi connectivity index (χ2v) is 4.17. The Labute approximate surface area is 108 Å². The molecule has 0 saturated carbocycles. The van der Waals surface area contributed by atoms with Crippen molar-refractivity contribution < 1.29 is 27.2 Å². The maximum atomic E-state index is 11.9. The molecule has 1 aromatic heterocycles. The third kappa shape index (κ3) is 5.53. The van der Waals surface area contributed by atoms with Gasteiger partial charge in [0, 0.05) is 6.61 Å².